The van der Waals surface area contributed by atoms with Crippen molar-refractivity contribution in [1.29, 1.82) is 0 Å². The first-order valence-electron chi connectivity index (χ1n) is 8.59. The van der Waals surface area contributed by atoms with Crippen molar-refractivity contribution in [2.75, 3.05) is 60.6 Å². The Morgan fingerprint density at radius 2 is 1.76 bits per heavy atom. The molecule has 1 aromatic rings. The van der Waals surface area contributed by atoms with E-state index in [0.29, 0.717) is 42.1 Å². The molecule has 2 fully saturated rings. The van der Waals surface area contributed by atoms with Crippen molar-refractivity contribution in [3.05, 3.63) is 15.8 Å². The molecule has 2 aliphatic heterocycles. The third kappa shape index (κ3) is 3.96. The lowest BCUT2D eigenvalue weighted by Gasteiger charge is -2.31. The van der Waals surface area contributed by atoms with Crippen LogP contribution in [0.5, 0.6) is 0 Å². The fourth-order valence-electron chi connectivity index (χ4n) is 3.10. The van der Waals surface area contributed by atoms with Gasteiger partial charge in [0.2, 0.25) is 11.8 Å². The first-order valence-corrected chi connectivity index (χ1v) is 10.1. The van der Waals surface area contributed by atoms with E-state index < -0.39 is 11.2 Å². The van der Waals surface area contributed by atoms with Crippen LogP contribution in [0.25, 0.3) is 0 Å². The van der Waals surface area contributed by atoms with Gasteiger partial charge < -0.3 is 19.7 Å². The molecule has 0 aromatic carbocycles. The summed E-state index contributed by atoms with van der Waals surface area (Å²) in [5, 5.41) is 15.0. The standard InChI is InChI=1S/C15H24N6O3S/c1-11(2)12-13(21(22)23)14(19-7-9-25(24)10-8-19)18-15(17-12)20-5-3-16-4-6-20/h11,16H,3-10H2,1-2H3. The van der Waals surface area contributed by atoms with E-state index >= 15 is 0 Å². The van der Waals surface area contributed by atoms with Gasteiger partial charge >= 0.3 is 5.69 Å². The second-order valence-electron chi connectivity index (χ2n) is 6.57. The number of nitrogens with one attached hydrogen (secondary N) is 1. The lowest BCUT2D eigenvalue weighted by molar-refractivity contribution is -0.385. The van der Waals surface area contributed by atoms with Crippen molar-refractivity contribution < 1.29 is 9.48 Å². The van der Waals surface area contributed by atoms with Crippen LogP contribution in [0.3, 0.4) is 0 Å². The van der Waals surface area contributed by atoms with Crippen LogP contribution in [0.2, 0.25) is 0 Å². The smallest absolute Gasteiger partial charge is 0.333 e. The predicted molar refractivity (Wildman–Crippen MR) is 97.9 cm³/mol. The maximum Gasteiger partial charge on any atom is 0.333 e. The van der Waals surface area contributed by atoms with Crippen molar-refractivity contribution >= 4 is 28.6 Å². The number of hydrogen-bond donors (Lipinski definition) is 1. The first-order chi connectivity index (χ1) is 12.0. The molecular weight excluding hydrogens is 344 g/mol. The molecular formula is C15H24N6O3S. The highest BCUT2D eigenvalue weighted by Crippen LogP contribution is 2.35. The molecule has 0 amide bonds. The third-order valence-electron chi connectivity index (χ3n) is 4.49. The zero-order valence-corrected chi connectivity index (χ0v) is 15.4. The van der Waals surface area contributed by atoms with Gasteiger partial charge in [0.15, 0.2) is 0 Å². The molecule has 1 aromatic heterocycles. The second kappa shape index (κ2) is 7.71. The Morgan fingerprint density at radius 3 is 2.32 bits per heavy atom. The summed E-state index contributed by atoms with van der Waals surface area (Å²) in [6, 6.07) is 0. The van der Waals surface area contributed by atoms with Gasteiger partial charge in [-0.15, -0.1) is 0 Å². The minimum absolute atomic E-state index is 0.0124. The van der Waals surface area contributed by atoms with Gasteiger partial charge in [-0.25, -0.2) is 4.98 Å². The summed E-state index contributed by atoms with van der Waals surface area (Å²) in [4.78, 5) is 24.5. The van der Waals surface area contributed by atoms with Gasteiger partial charge in [-0.05, 0) is 0 Å². The molecule has 0 radical (unpaired) electrons. The highest BCUT2D eigenvalue weighted by Gasteiger charge is 2.33. The van der Waals surface area contributed by atoms with Gasteiger partial charge in [-0.1, -0.05) is 25.0 Å². The quantitative estimate of drug-likeness (QED) is 0.464. The Balaban J connectivity index is 2.05. The van der Waals surface area contributed by atoms with Crippen LogP contribution in [0.15, 0.2) is 0 Å². The third-order valence-corrected chi connectivity index (χ3v) is 5.76. The van der Waals surface area contributed by atoms with Gasteiger partial charge in [0.1, 0.15) is 17.2 Å². The maximum absolute atomic E-state index is 11.8. The summed E-state index contributed by atoms with van der Waals surface area (Å²) in [5.74, 6) is 1.87. The molecule has 0 atom stereocenters. The summed E-state index contributed by atoms with van der Waals surface area (Å²) in [7, 11) is 0. The molecule has 3 heterocycles. The van der Waals surface area contributed by atoms with Gasteiger partial charge in [0.05, 0.1) is 18.0 Å². The number of piperazine rings is 1. The molecule has 138 valence electrons. The molecule has 2 aliphatic rings. The summed E-state index contributed by atoms with van der Waals surface area (Å²) in [6.45, 7) is 8.09. The van der Waals surface area contributed by atoms with Crippen LogP contribution in [0, 0.1) is 10.1 Å². The fraction of sp³-hybridized carbons (Fsp3) is 0.733. The van der Waals surface area contributed by atoms with E-state index in [-0.39, 0.29) is 16.5 Å². The van der Waals surface area contributed by atoms with Crippen LogP contribution in [0.1, 0.15) is 25.5 Å². The van der Waals surface area contributed by atoms with Crippen molar-refractivity contribution in [3.8, 4) is 0 Å². The normalized spacial score (nSPS) is 19.5. The molecule has 0 aliphatic carbocycles. The zero-order valence-electron chi connectivity index (χ0n) is 14.6. The van der Waals surface area contributed by atoms with Gasteiger partial charge in [-0.3, -0.25) is 10.1 Å². The Labute approximate surface area is 150 Å². The predicted octanol–water partition coefficient (Wildman–Crippen LogP) is 0.487. The van der Waals surface area contributed by atoms with E-state index in [9.17, 15) is 14.7 Å². The van der Waals surface area contributed by atoms with Crippen LogP contribution in [-0.2, 0) is 11.2 Å². The van der Waals surface area contributed by atoms with E-state index in [1.165, 1.54) is 0 Å². The number of nitro groups is 1. The number of nitrogens with zero attached hydrogens (tertiary/aromatic N) is 5. The molecule has 10 heteroatoms. The molecule has 9 nitrogen and oxygen atoms in total. The molecule has 0 bridgehead atoms. The summed E-state index contributed by atoms with van der Waals surface area (Å²) >= 11 is -0.849. The molecule has 2 saturated heterocycles. The van der Waals surface area contributed by atoms with Gasteiger partial charge in [0.25, 0.3) is 0 Å². The van der Waals surface area contributed by atoms with Crippen molar-refractivity contribution in [2.45, 2.75) is 19.8 Å². The summed E-state index contributed by atoms with van der Waals surface area (Å²) < 4.78 is 11.7. The van der Waals surface area contributed by atoms with E-state index in [2.05, 4.69) is 20.2 Å². The van der Waals surface area contributed by atoms with Crippen LogP contribution >= 0.6 is 0 Å². The lowest BCUT2D eigenvalue weighted by Crippen LogP contribution is -2.45. The molecule has 0 unspecified atom stereocenters. The van der Waals surface area contributed by atoms with Crippen LogP contribution in [0.4, 0.5) is 17.5 Å². The van der Waals surface area contributed by atoms with Crippen molar-refractivity contribution in [2.24, 2.45) is 0 Å². The Bertz CT molecular complexity index is 630. The topological polar surface area (TPSA) is 110 Å². The van der Waals surface area contributed by atoms with E-state index in [4.69, 9.17) is 0 Å². The van der Waals surface area contributed by atoms with Gasteiger partial charge in [0, 0.05) is 32.1 Å². The fourth-order valence-corrected chi connectivity index (χ4v) is 4.15. The summed E-state index contributed by atoms with van der Waals surface area (Å²) in [6.07, 6.45) is 0. The Kier molecular flexibility index (Phi) is 5.60. The largest absolute Gasteiger partial charge is 0.616 e. The van der Waals surface area contributed by atoms with Crippen molar-refractivity contribution in [3.63, 3.8) is 0 Å². The first kappa shape index (κ1) is 18.2. The maximum atomic E-state index is 11.8. The number of anilines is 2. The Morgan fingerprint density at radius 1 is 1.12 bits per heavy atom. The highest BCUT2D eigenvalue weighted by molar-refractivity contribution is 7.91. The molecule has 3 rings (SSSR count). The molecule has 25 heavy (non-hydrogen) atoms. The highest BCUT2D eigenvalue weighted by atomic mass is 32.2. The van der Waals surface area contributed by atoms with Crippen LogP contribution < -0.4 is 15.1 Å². The number of rotatable bonds is 4. The van der Waals surface area contributed by atoms with Crippen molar-refractivity contribution in [1.82, 2.24) is 15.3 Å². The minimum atomic E-state index is -0.849. The average Bonchev–Trinajstić information content (AvgIpc) is 2.61. The monoisotopic (exact) mass is 368 g/mol. The SMILES string of the molecule is CC(C)c1nc(N2CCNCC2)nc(N2CC[S+]([O-])CC2)c1[N+](=O)[O-]. The van der Waals surface area contributed by atoms with E-state index in [0.717, 1.165) is 26.2 Å². The van der Waals surface area contributed by atoms with Crippen LogP contribution in [-0.4, -0.2) is 70.2 Å². The average molecular weight is 368 g/mol. The zero-order chi connectivity index (χ0) is 18.0. The second-order valence-corrected chi connectivity index (χ2v) is 8.26. The lowest BCUT2D eigenvalue weighted by atomic mass is 10.1. The molecule has 0 saturated carbocycles. The molecule has 0 spiro atoms. The number of aromatic nitrogens is 2. The minimum Gasteiger partial charge on any atom is -0.616 e. The van der Waals surface area contributed by atoms with Gasteiger partial charge in [-0.2, -0.15) is 4.98 Å². The van der Waals surface area contributed by atoms with E-state index in [1.807, 2.05) is 18.7 Å². The summed E-state index contributed by atoms with van der Waals surface area (Å²) in [5.41, 5.74) is 0.455. The Hall–Kier alpha value is -1.65. The van der Waals surface area contributed by atoms with E-state index in [1.54, 1.807) is 0 Å². The number of hydrogen-bond acceptors (Lipinski definition) is 8. The molecule has 1 N–H and O–H groups in total.